The summed E-state index contributed by atoms with van der Waals surface area (Å²) < 4.78 is 12.2. The van der Waals surface area contributed by atoms with Crippen molar-refractivity contribution < 1.29 is 19.2 Å². The zero-order valence-corrected chi connectivity index (χ0v) is 17.1. The summed E-state index contributed by atoms with van der Waals surface area (Å²) in [6.07, 6.45) is 0. The molecule has 0 aliphatic rings. The lowest BCUT2D eigenvalue weighted by molar-refractivity contribution is -0.384. The molecule has 0 aliphatic carbocycles. The molecule has 1 aromatic heterocycles. The number of benzene rings is 2. The summed E-state index contributed by atoms with van der Waals surface area (Å²) in [6.45, 7) is 3.72. The number of methoxy groups -OCH3 is 2. The second-order valence-electron chi connectivity index (χ2n) is 6.79. The minimum atomic E-state index is -0.479. The highest BCUT2D eigenvalue weighted by Crippen LogP contribution is 2.33. The van der Waals surface area contributed by atoms with E-state index in [-0.39, 0.29) is 17.6 Å². The number of hydrogen-bond donors (Lipinski definition) is 1. The number of carbonyl (C=O) groups is 1. The number of nitrogens with zero attached hydrogens (tertiary/aromatic N) is 3. The van der Waals surface area contributed by atoms with Gasteiger partial charge >= 0.3 is 0 Å². The van der Waals surface area contributed by atoms with Crippen molar-refractivity contribution in [3.63, 3.8) is 0 Å². The molecule has 0 saturated carbocycles. The number of ether oxygens (including phenoxy) is 2. The van der Waals surface area contributed by atoms with Gasteiger partial charge in [0, 0.05) is 29.8 Å². The van der Waals surface area contributed by atoms with Crippen LogP contribution in [0.1, 0.15) is 24.3 Å². The van der Waals surface area contributed by atoms with Crippen molar-refractivity contribution in [3.8, 4) is 28.4 Å². The fraction of sp³-hybridized carbons (Fsp3) is 0.238. The molecule has 9 heteroatoms. The predicted molar refractivity (Wildman–Crippen MR) is 111 cm³/mol. The Morgan fingerprint density at radius 2 is 1.80 bits per heavy atom. The first-order valence-corrected chi connectivity index (χ1v) is 9.22. The van der Waals surface area contributed by atoms with E-state index in [9.17, 15) is 14.9 Å². The second kappa shape index (κ2) is 8.64. The van der Waals surface area contributed by atoms with E-state index < -0.39 is 4.92 Å². The van der Waals surface area contributed by atoms with E-state index in [1.54, 1.807) is 43.5 Å². The molecule has 9 nitrogen and oxygen atoms in total. The molecule has 3 rings (SSSR count). The summed E-state index contributed by atoms with van der Waals surface area (Å²) >= 11 is 0. The fourth-order valence-electron chi connectivity index (χ4n) is 2.93. The topological polar surface area (TPSA) is 109 Å². The Hall–Kier alpha value is -3.88. The Bertz CT molecular complexity index is 1070. The van der Waals surface area contributed by atoms with Crippen LogP contribution in [-0.4, -0.2) is 40.9 Å². The number of nitrogens with one attached hydrogen (secondary N) is 1. The normalized spacial score (nSPS) is 10.7. The molecule has 0 saturated heterocycles. The van der Waals surface area contributed by atoms with Gasteiger partial charge in [0.2, 0.25) is 0 Å². The van der Waals surface area contributed by atoms with Crippen molar-refractivity contribution in [3.05, 3.63) is 64.3 Å². The summed E-state index contributed by atoms with van der Waals surface area (Å²) in [4.78, 5) is 23.3. The Kier molecular flexibility index (Phi) is 6.01. The van der Waals surface area contributed by atoms with E-state index in [1.165, 1.54) is 23.9 Å². The van der Waals surface area contributed by atoms with E-state index in [0.717, 1.165) is 0 Å². The predicted octanol–water partition coefficient (Wildman–Crippen LogP) is 3.60. The number of rotatable bonds is 7. The van der Waals surface area contributed by atoms with Gasteiger partial charge in [0.25, 0.3) is 11.6 Å². The molecule has 0 radical (unpaired) electrons. The van der Waals surface area contributed by atoms with Crippen molar-refractivity contribution in [1.29, 1.82) is 0 Å². The quantitative estimate of drug-likeness (QED) is 0.471. The average molecular weight is 410 g/mol. The lowest BCUT2D eigenvalue weighted by atomic mass is 10.1. The van der Waals surface area contributed by atoms with Gasteiger partial charge in [0.05, 0.1) is 30.5 Å². The van der Waals surface area contributed by atoms with Crippen molar-refractivity contribution >= 4 is 11.6 Å². The number of nitro groups is 1. The van der Waals surface area contributed by atoms with E-state index in [2.05, 4.69) is 10.4 Å². The fourth-order valence-corrected chi connectivity index (χ4v) is 2.93. The van der Waals surface area contributed by atoms with E-state index >= 15 is 0 Å². The van der Waals surface area contributed by atoms with Gasteiger partial charge in [-0.2, -0.15) is 5.10 Å². The molecule has 1 amide bonds. The third-order valence-corrected chi connectivity index (χ3v) is 4.35. The molecule has 30 heavy (non-hydrogen) atoms. The summed E-state index contributed by atoms with van der Waals surface area (Å²) in [5.74, 6) is 0.858. The monoisotopic (exact) mass is 410 g/mol. The maximum absolute atomic E-state index is 12.8. The Balaban J connectivity index is 2.13. The number of hydrogen-bond acceptors (Lipinski definition) is 6. The van der Waals surface area contributed by atoms with Gasteiger partial charge < -0.3 is 14.8 Å². The van der Waals surface area contributed by atoms with Crippen LogP contribution in [0.5, 0.6) is 11.5 Å². The third-order valence-electron chi connectivity index (χ3n) is 4.35. The van der Waals surface area contributed by atoms with Crippen LogP contribution in [0.3, 0.4) is 0 Å². The van der Waals surface area contributed by atoms with Crippen LogP contribution in [0, 0.1) is 10.1 Å². The first-order valence-electron chi connectivity index (χ1n) is 9.22. The number of carbonyl (C=O) groups excluding carboxylic acids is 1. The number of nitro benzene ring substituents is 1. The molecule has 0 fully saturated rings. The number of aromatic nitrogens is 2. The Morgan fingerprint density at radius 1 is 1.10 bits per heavy atom. The lowest BCUT2D eigenvalue weighted by Gasteiger charge is -2.10. The van der Waals surface area contributed by atoms with Gasteiger partial charge in [-0.25, -0.2) is 4.68 Å². The molecule has 0 bridgehead atoms. The molecule has 0 aliphatic heterocycles. The van der Waals surface area contributed by atoms with Crippen LogP contribution in [0.15, 0.2) is 48.5 Å². The molecule has 2 aromatic carbocycles. The molecule has 0 spiro atoms. The van der Waals surface area contributed by atoms with Crippen LogP contribution < -0.4 is 14.8 Å². The van der Waals surface area contributed by atoms with Gasteiger partial charge in [-0.3, -0.25) is 14.9 Å². The Labute approximate surface area is 173 Å². The highest BCUT2D eigenvalue weighted by atomic mass is 16.6. The summed E-state index contributed by atoms with van der Waals surface area (Å²) in [7, 11) is 3.10. The molecular weight excluding hydrogens is 388 g/mol. The first-order chi connectivity index (χ1) is 14.3. The van der Waals surface area contributed by atoms with Crippen LogP contribution in [0.2, 0.25) is 0 Å². The van der Waals surface area contributed by atoms with Crippen LogP contribution in [0.25, 0.3) is 16.9 Å². The summed E-state index contributed by atoms with van der Waals surface area (Å²) in [5, 5.41) is 18.4. The lowest BCUT2D eigenvalue weighted by Crippen LogP contribution is -2.31. The molecule has 0 atom stereocenters. The average Bonchev–Trinajstić information content (AvgIpc) is 3.18. The molecule has 3 aromatic rings. The largest absolute Gasteiger partial charge is 0.497 e. The minimum Gasteiger partial charge on any atom is -0.497 e. The molecule has 156 valence electrons. The molecule has 1 heterocycles. The standard InChI is InChI=1S/C21H22N4O5/c1-13(2)22-21(26)19-12-18(17-10-9-16(29-3)11-20(17)30-4)23-24(19)14-5-7-15(8-6-14)25(27)28/h5-13H,1-4H3,(H,22,26). The SMILES string of the molecule is COc1ccc(-c2cc(C(=O)NC(C)C)n(-c3ccc([N+](=O)[O-])cc3)n2)c(OC)c1. The summed E-state index contributed by atoms with van der Waals surface area (Å²) in [5.41, 5.74) is 1.97. The second-order valence-corrected chi connectivity index (χ2v) is 6.79. The first kappa shape index (κ1) is 20.8. The van der Waals surface area contributed by atoms with Gasteiger partial charge in [-0.1, -0.05) is 0 Å². The van der Waals surface area contributed by atoms with Crippen molar-refractivity contribution in [2.45, 2.75) is 19.9 Å². The molecule has 1 N–H and O–H groups in total. The molecule has 0 unspecified atom stereocenters. The van der Waals surface area contributed by atoms with Gasteiger partial charge in [0.15, 0.2) is 0 Å². The minimum absolute atomic E-state index is 0.0452. The maximum Gasteiger partial charge on any atom is 0.270 e. The highest BCUT2D eigenvalue weighted by molar-refractivity contribution is 5.94. The smallest absolute Gasteiger partial charge is 0.270 e. The van der Waals surface area contributed by atoms with Crippen molar-refractivity contribution in [2.24, 2.45) is 0 Å². The van der Waals surface area contributed by atoms with Gasteiger partial charge in [0.1, 0.15) is 17.2 Å². The zero-order valence-electron chi connectivity index (χ0n) is 17.1. The van der Waals surface area contributed by atoms with Crippen LogP contribution in [0.4, 0.5) is 5.69 Å². The van der Waals surface area contributed by atoms with Gasteiger partial charge in [-0.05, 0) is 44.2 Å². The van der Waals surface area contributed by atoms with E-state index in [0.29, 0.717) is 34.1 Å². The number of non-ortho nitro benzene ring substituents is 1. The maximum atomic E-state index is 12.8. The van der Waals surface area contributed by atoms with Crippen molar-refractivity contribution in [2.75, 3.05) is 14.2 Å². The van der Waals surface area contributed by atoms with E-state index in [4.69, 9.17) is 9.47 Å². The number of amides is 1. The Morgan fingerprint density at radius 3 is 2.37 bits per heavy atom. The van der Waals surface area contributed by atoms with Gasteiger partial charge in [-0.15, -0.1) is 0 Å². The molecular formula is C21H22N4O5. The third kappa shape index (κ3) is 4.24. The van der Waals surface area contributed by atoms with Crippen LogP contribution in [-0.2, 0) is 0 Å². The summed E-state index contributed by atoms with van der Waals surface area (Å²) in [6, 6.07) is 12.7. The highest BCUT2D eigenvalue weighted by Gasteiger charge is 2.20. The van der Waals surface area contributed by atoms with E-state index in [1.807, 2.05) is 13.8 Å². The van der Waals surface area contributed by atoms with Crippen LogP contribution >= 0.6 is 0 Å². The zero-order chi connectivity index (χ0) is 21.8. The van der Waals surface area contributed by atoms with Crippen molar-refractivity contribution in [1.82, 2.24) is 15.1 Å².